The van der Waals surface area contributed by atoms with Gasteiger partial charge in [0, 0.05) is 12.6 Å². The van der Waals surface area contributed by atoms with Gasteiger partial charge in [-0.1, -0.05) is 19.8 Å². The first-order valence-electron chi connectivity index (χ1n) is 6.71. The number of hydrogen-bond donors (Lipinski definition) is 1. The van der Waals surface area contributed by atoms with Crippen LogP contribution >= 0.6 is 0 Å². The van der Waals surface area contributed by atoms with E-state index in [0.29, 0.717) is 6.10 Å². The van der Waals surface area contributed by atoms with Gasteiger partial charge in [0.15, 0.2) is 0 Å². The molecule has 2 rings (SSSR count). The summed E-state index contributed by atoms with van der Waals surface area (Å²) in [5.74, 6) is 0.863. The van der Waals surface area contributed by atoms with Crippen LogP contribution < -0.4 is 5.32 Å². The van der Waals surface area contributed by atoms with E-state index in [9.17, 15) is 0 Å². The van der Waals surface area contributed by atoms with Gasteiger partial charge in [-0.3, -0.25) is 0 Å². The Bertz CT molecular complexity index is 179. The van der Waals surface area contributed by atoms with Crippen molar-refractivity contribution in [3.63, 3.8) is 0 Å². The van der Waals surface area contributed by atoms with Gasteiger partial charge in [-0.15, -0.1) is 0 Å². The zero-order chi connectivity index (χ0) is 10.5. The lowest BCUT2D eigenvalue weighted by Gasteiger charge is -2.30. The highest BCUT2D eigenvalue weighted by molar-refractivity contribution is 4.78. The summed E-state index contributed by atoms with van der Waals surface area (Å²) in [7, 11) is 0. The van der Waals surface area contributed by atoms with Crippen molar-refractivity contribution in [2.45, 2.75) is 64.0 Å². The van der Waals surface area contributed by atoms with Crippen LogP contribution in [0.3, 0.4) is 0 Å². The van der Waals surface area contributed by atoms with Gasteiger partial charge in [0.1, 0.15) is 0 Å². The van der Waals surface area contributed by atoms with E-state index in [0.717, 1.165) is 25.1 Å². The molecule has 0 radical (unpaired) electrons. The fraction of sp³-hybridized carbons (Fsp3) is 1.00. The van der Waals surface area contributed by atoms with Crippen molar-refractivity contribution in [3.05, 3.63) is 0 Å². The third kappa shape index (κ3) is 3.46. The molecule has 0 amide bonds. The fourth-order valence-electron chi connectivity index (χ4n) is 2.63. The molecular weight excluding hydrogens is 186 g/mol. The second kappa shape index (κ2) is 5.86. The molecule has 88 valence electrons. The fourth-order valence-corrected chi connectivity index (χ4v) is 2.63. The summed E-state index contributed by atoms with van der Waals surface area (Å²) in [6, 6.07) is 0.753. The van der Waals surface area contributed by atoms with Gasteiger partial charge >= 0.3 is 0 Å². The molecule has 0 heterocycles. The summed E-state index contributed by atoms with van der Waals surface area (Å²) in [5, 5.41) is 3.65. The van der Waals surface area contributed by atoms with Crippen LogP contribution in [0.15, 0.2) is 0 Å². The van der Waals surface area contributed by atoms with Crippen LogP contribution in [0.1, 0.15) is 51.9 Å². The quantitative estimate of drug-likeness (QED) is 0.706. The van der Waals surface area contributed by atoms with Gasteiger partial charge in [-0.05, 0) is 38.0 Å². The van der Waals surface area contributed by atoms with Crippen molar-refractivity contribution in [1.29, 1.82) is 0 Å². The summed E-state index contributed by atoms with van der Waals surface area (Å²) in [6.45, 7) is 4.34. The Morgan fingerprint density at radius 1 is 1.07 bits per heavy atom. The van der Waals surface area contributed by atoms with Crippen molar-refractivity contribution in [2.24, 2.45) is 5.92 Å². The lowest BCUT2D eigenvalue weighted by atomic mass is 9.86. The second-order valence-corrected chi connectivity index (χ2v) is 5.25. The Kier molecular flexibility index (Phi) is 4.45. The number of ether oxygens (including phenoxy) is 1. The number of rotatable bonds is 5. The average molecular weight is 211 g/mol. The second-order valence-electron chi connectivity index (χ2n) is 5.25. The Hall–Kier alpha value is -0.0800. The van der Waals surface area contributed by atoms with E-state index in [2.05, 4.69) is 12.2 Å². The summed E-state index contributed by atoms with van der Waals surface area (Å²) in [5.41, 5.74) is 0. The maximum atomic E-state index is 5.74. The third-order valence-electron chi connectivity index (χ3n) is 4.03. The first kappa shape index (κ1) is 11.4. The van der Waals surface area contributed by atoms with E-state index in [-0.39, 0.29) is 0 Å². The van der Waals surface area contributed by atoms with Gasteiger partial charge in [0.05, 0.1) is 12.7 Å². The summed E-state index contributed by atoms with van der Waals surface area (Å²) < 4.78 is 5.74. The molecule has 2 aliphatic rings. The van der Waals surface area contributed by atoms with Gasteiger partial charge in [-0.2, -0.15) is 0 Å². The van der Waals surface area contributed by atoms with Crippen LogP contribution in [0, 0.1) is 5.92 Å². The predicted molar refractivity (Wildman–Crippen MR) is 63.0 cm³/mol. The number of hydrogen-bond acceptors (Lipinski definition) is 2. The Morgan fingerprint density at radius 2 is 1.87 bits per heavy atom. The molecule has 0 spiro atoms. The van der Waals surface area contributed by atoms with E-state index in [4.69, 9.17) is 4.74 Å². The van der Waals surface area contributed by atoms with Gasteiger partial charge < -0.3 is 10.1 Å². The van der Waals surface area contributed by atoms with Gasteiger partial charge in [0.25, 0.3) is 0 Å². The Morgan fingerprint density at radius 3 is 2.53 bits per heavy atom. The van der Waals surface area contributed by atoms with E-state index in [1.54, 1.807) is 0 Å². The summed E-state index contributed by atoms with van der Waals surface area (Å²) in [6.07, 6.45) is 10.2. The molecule has 0 aromatic rings. The standard InChI is InChI=1S/C13H25NO/c1-11-5-2-3-8-13(11)14-9-10-15-12-6-4-7-12/h11-14H,2-10H2,1H3. The topological polar surface area (TPSA) is 21.3 Å². The third-order valence-corrected chi connectivity index (χ3v) is 4.03. The van der Waals surface area contributed by atoms with Crippen LogP contribution in [0.4, 0.5) is 0 Å². The number of nitrogens with one attached hydrogen (secondary N) is 1. The van der Waals surface area contributed by atoms with Crippen LogP contribution in [-0.4, -0.2) is 25.3 Å². The van der Waals surface area contributed by atoms with Crippen molar-refractivity contribution in [3.8, 4) is 0 Å². The minimum absolute atomic E-state index is 0.593. The molecule has 0 aromatic carbocycles. The zero-order valence-electron chi connectivity index (χ0n) is 10.0. The highest BCUT2D eigenvalue weighted by atomic mass is 16.5. The van der Waals surface area contributed by atoms with E-state index < -0.39 is 0 Å². The largest absolute Gasteiger partial charge is 0.377 e. The predicted octanol–water partition coefficient (Wildman–Crippen LogP) is 2.72. The highest BCUT2D eigenvalue weighted by Crippen LogP contribution is 2.24. The van der Waals surface area contributed by atoms with Crippen LogP contribution in [0.5, 0.6) is 0 Å². The van der Waals surface area contributed by atoms with Crippen molar-refractivity contribution in [1.82, 2.24) is 5.32 Å². The summed E-state index contributed by atoms with van der Waals surface area (Å²) >= 11 is 0. The van der Waals surface area contributed by atoms with Crippen molar-refractivity contribution in [2.75, 3.05) is 13.2 Å². The minimum Gasteiger partial charge on any atom is -0.377 e. The molecule has 0 aliphatic heterocycles. The molecule has 2 unspecified atom stereocenters. The minimum atomic E-state index is 0.593. The molecule has 0 aromatic heterocycles. The van der Waals surface area contributed by atoms with Crippen molar-refractivity contribution < 1.29 is 4.74 Å². The maximum absolute atomic E-state index is 5.74. The lowest BCUT2D eigenvalue weighted by molar-refractivity contribution is 0.00261. The molecule has 2 saturated carbocycles. The molecule has 0 saturated heterocycles. The molecule has 2 aliphatic carbocycles. The molecule has 0 bridgehead atoms. The molecule has 2 atom stereocenters. The van der Waals surface area contributed by atoms with Crippen LogP contribution in [0.2, 0.25) is 0 Å². The van der Waals surface area contributed by atoms with E-state index >= 15 is 0 Å². The Balaban J connectivity index is 1.52. The van der Waals surface area contributed by atoms with E-state index in [1.807, 2.05) is 0 Å². The molecule has 15 heavy (non-hydrogen) atoms. The molecular formula is C13H25NO. The maximum Gasteiger partial charge on any atom is 0.0594 e. The SMILES string of the molecule is CC1CCCCC1NCCOC1CCC1. The first-order valence-corrected chi connectivity index (χ1v) is 6.71. The normalized spacial score (nSPS) is 32.6. The lowest BCUT2D eigenvalue weighted by Crippen LogP contribution is -2.39. The monoisotopic (exact) mass is 211 g/mol. The summed E-state index contributed by atoms with van der Waals surface area (Å²) in [4.78, 5) is 0. The van der Waals surface area contributed by atoms with Gasteiger partial charge in [-0.25, -0.2) is 0 Å². The molecule has 1 N–H and O–H groups in total. The molecule has 2 fully saturated rings. The zero-order valence-corrected chi connectivity index (χ0v) is 10.0. The molecule has 2 heteroatoms. The molecule has 2 nitrogen and oxygen atoms in total. The first-order chi connectivity index (χ1) is 7.36. The Labute approximate surface area is 93.8 Å². The smallest absolute Gasteiger partial charge is 0.0594 e. The van der Waals surface area contributed by atoms with Gasteiger partial charge in [0.2, 0.25) is 0 Å². The van der Waals surface area contributed by atoms with Crippen molar-refractivity contribution >= 4 is 0 Å². The van der Waals surface area contributed by atoms with Crippen LogP contribution in [-0.2, 0) is 4.74 Å². The van der Waals surface area contributed by atoms with E-state index in [1.165, 1.54) is 44.9 Å². The average Bonchev–Trinajstić information content (AvgIpc) is 2.17. The highest BCUT2D eigenvalue weighted by Gasteiger charge is 2.21. The van der Waals surface area contributed by atoms with Crippen LogP contribution in [0.25, 0.3) is 0 Å².